The SMILES string of the molecule is CC(C)Oc1c(F)cccc1COc1cc(Br)cnc1N. The Morgan fingerprint density at radius 1 is 1.38 bits per heavy atom. The van der Waals surface area contributed by atoms with Crippen LogP contribution in [0.3, 0.4) is 0 Å². The van der Waals surface area contributed by atoms with Crippen molar-refractivity contribution in [1.82, 2.24) is 4.98 Å². The van der Waals surface area contributed by atoms with E-state index in [1.807, 2.05) is 13.8 Å². The molecule has 0 aliphatic heterocycles. The van der Waals surface area contributed by atoms with Gasteiger partial charge in [-0.2, -0.15) is 0 Å². The van der Waals surface area contributed by atoms with E-state index in [0.717, 1.165) is 4.47 Å². The minimum absolute atomic E-state index is 0.127. The van der Waals surface area contributed by atoms with Gasteiger partial charge >= 0.3 is 0 Å². The Balaban J connectivity index is 2.20. The van der Waals surface area contributed by atoms with Gasteiger partial charge in [0, 0.05) is 16.2 Å². The number of anilines is 1. The predicted molar refractivity (Wildman–Crippen MR) is 82.8 cm³/mol. The number of pyridine rings is 1. The molecule has 0 radical (unpaired) electrons. The molecule has 0 fully saturated rings. The summed E-state index contributed by atoms with van der Waals surface area (Å²) in [6, 6.07) is 6.44. The first-order valence-corrected chi connectivity index (χ1v) is 7.24. The van der Waals surface area contributed by atoms with Crippen LogP contribution in [0.15, 0.2) is 34.9 Å². The van der Waals surface area contributed by atoms with E-state index < -0.39 is 5.82 Å². The maximum Gasteiger partial charge on any atom is 0.166 e. The zero-order valence-electron chi connectivity index (χ0n) is 11.8. The second kappa shape index (κ2) is 6.76. The van der Waals surface area contributed by atoms with Gasteiger partial charge in [0.15, 0.2) is 23.1 Å². The van der Waals surface area contributed by atoms with Crippen molar-refractivity contribution >= 4 is 21.7 Å². The van der Waals surface area contributed by atoms with Gasteiger partial charge in [0.2, 0.25) is 0 Å². The lowest BCUT2D eigenvalue weighted by Gasteiger charge is -2.16. The topological polar surface area (TPSA) is 57.4 Å². The van der Waals surface area contributed by atoms with Crippen molar-refractivity contribution in [3.05, 3.63) is 46.3 Å². The van der Waals surface area contributed by atoms with Crippen LogP contribution in [0, 0.1) is 5.82 Å². The van der Waals surface area contributed by atoms with Crippen molar-refractivity contribution in [3.63, 3.8) is 0 Å². The fourth-order valence-corrected chi connectivity index (χ4v) is 2.05. The van der Waals surface area contributed by atoms with Gasteiger partial charge in [0.05, 0.1) is 6.10 Å². The summed E-state index contributed by atoms with van der Waals surface area (Å²) < 4.78 is 25.7. The molecule has 2 N–H and O–H groups in total. The summed E-state index contributed by atoms with van der Waals surface area (Å²) in [7, 11) is 0. The summed E-state index contributed by atoms with van der Waals surface area (Å²) in [5.74, 6) is 0.504. The first-order chi connectivity index (χ1) is 9.97. The fourth-order valence-electron chi connectivity index (χ4n) is 1.74. The van der Waals surface area contributed by atoms with E-state index in [0.29, 0.717) is 11.3 Å². The smallest absolute Gasteiger partial charge is 0.166 e. The Labute approximate surface area is 131 Å². The van der Waals surface area contributed by atoms with Crippen LogP contribution >= 0.6 is 15.9 Å². The Morgan fingerprint density at radius 2 is 2.14 bits per heavy atom. The third kappa shape index (κ3) is 4.07. The van der Waals surface area contributed by atoms with Crippen molar-refractivity contribution in [2.24, 2.45) is 0 Å². The predicted octanol–water partition coefficient (Wildman–Crippen LogP) is 3.93. The van der Waals surface area contributed by atoms with E-state index in [2.05, 4.69) is 20.9 Å². The van der Waals surface area contributed by atoms with Crippen molar-refractivity contribution in [2.45, 2.75) is 26.6 Å². The average Bonchev–Trinajstić information content (AvgIpc) is 2.42. The lowest BCUT2D eigenvalue weighted by Crippen LogP contribution is -2.10. The molecule has 6 heteroatoms. The number of nitrogens with two attached hydrogens (primary N) is 1. The molecule has 1 aromatic heterocycles. The third-order valence-corrected chi connectivity index (χ3v) is 3.07. The summed E-state index contributed by atoms with van der Waals surface area (Å²) in [4.78, 5) is 3.98. The first kappa shape index (κ1) is 15.6. The van der Waals surface area contributed by atoms with E-state index in [1.54, 1.807) is 24.4 Å². The summed E-state index contributed by atoms with van der Waals surface area (Å²) in [5, 5.41) is 0. The Kier molecular flexibility index (Phi) is 5.01. The van der Waals surface area contributed by atoms with Gasteiger partial charge in [-0.1, -0.05) is 12.1 Å². The fraction of sp³-hybridized carbons (Fsp3) is 0.267. The number of benzene rings is 1. The van der Waals surface area contributed by atoms with Crippen molar-refractivity contribution in [2.75, 3.05) is 5.73 Å². The van der Waals surface area contributed by atoms with Gasteiger partial charge < -0.3 is 15.2 Å². The largest absolute Gasteiger partial charge is 0.488 e. The molecule has 4 nitrogen and oxygen atoms in total. The second-order valence-electron chi connectivity index (χ2n) is 4.72. The molecular weight excluding hydrogens is 339 g/mol. The first-order valence-electron chi connectivity index (χ1n) is 6.45. The minimum atomic E-state index is -0.412. The quantitative estimate of drug-likeness (QED) is 0.883. The molecule has 2 rings (SSSR count). The zero-order chi connectivity index (χ0) is 15.4. The van der Waals surface area contributed by atoms with Crippen LogP contribution in [0.5, 0.6) is 11.5 Å². The number of para-hydroxylation sites is 1. The number of nitrogen functional groups attached to an aromatic ring is 1. The molecule has 0 bridgehead atoms. The summed E-state index contributed by atoms with van der Waals surface area (Å²) >= 11 is 3.30. The van der Waals surface area contributed by atoms with Crippen LogP contribution in [0.2, 0.25) is 0 Å². The molecule has 0 unspecified atom stereocenters. The zero-order valence-corrected chi connectivity index (χ0v) is 13.4. The van der Waals surface area contributed by atoms with Crippen LogP contribution in [-0.2, 0) is 6.61 Å². The van der Waals surface area contributed by atoms with Crippen molar-refractivity contribution in [3.8, 4) is 11.5 Å². The number of hydrogen-bond donors (Lipinski definition) is 1. The van der Waals surface area contributed by atoms with E-state index in [9.17, 15) is 4.39 Å². The third-order valence-electron chi connectivity index (χ3n) is 2.63. The van der Waals surface area contributed by atoms with E-state index >= 15 is 0 Å². The molecule has 0 amide bonds. The number of halogens is 2. The number of aromatic nitrogens is 1. The molecule has 1 aromatic carbocycles. The molecule has 1 heterocycles. The lowest BCUT2D eigenvalue weighted by atomic mass is 10.2. The van der Waals surface area contributed by atoms with Crippen LogP contribution in [0.25, 0.3) is 0 Å². The summed E-state index contributed by atoms with van der Waals surface area (Å²) in [6.07, 6.45) is 1.45. The second-order valence-corrected chi connectivity index (χ2v) is 5.64. The van der Waals surface area contributed by atoms with Gasteiger partial charge in [-0.05, 0) is 41.9 Å². The van der Waals surface area contributed by atoms with Gasteiger partial charge in [0.1, 0.15) is 6.61 Å². The molecule has 0 saturated heterocycles. The molecule has 2 aromatic rings. The number of rotatable bonds is 5. The van der Waals surface area contributed by atoms with Gasteiger partial charge in [-0.3, -0.25) is 0 Å². The highest BCUT2D eigenvalue weighted by molar-refractivity contribution is 9.10. The highest BCUT2D eigenvalue weighted by Gasteiger charge is 2.13. The molecule has 0 atom stereocenters. The normalized spacial score (nSPS) is 10.7. The van der Waals surface area contributed by atoms with Crippen LogP contribution in [0.4, 0.5) is 10.2 Å². The van der Waals surface area contributed by atoms with E-state index in [4.69, 9.17) is 15.2 Å². The number of ether oxygens (including phenoxy) is 2. The lowest BCUT2D eigenvalue weighted by molar-refractivity contribution is 0.219. The van der Waals surface area contributed by atoms with Crippen LogP contribution < -0.4 is 15.2 Å². The van der Waals surface area contributed by atoms with E-state index in [-0.39, 0.29) is 24.3 Å². The van der Waals surface area contributed by atoms with Gasteiger partial charge in [-0.15, -0.1) is 0 Å². The van der Waals surface area contributed by atoms with Crippen LogP contribution in [-0.4, -0.2) is 11.1 Å². The molecular formula is C15H16BrFN2O2. The van der Waals surface area contributed by atoms with Gasteiger partial charge in [0.25, 0.3) is 0 Å². The Bertz CT molecular complexity index is 635. The summed E-state index contributed by atoms with van der Waals surface area (Å²) in [6.45, 7) is 3.82. The van der Waals surface area contributed by atoms with Gasteiger partial charge in [-0.25, -0.2) is 9.37 Å². The molecule has 112 valence electrons. The Morgan fingerprint density at radius 3 is 2.86 bits per heavy atom. The molecule has 21 heavy (non-hydrogen) atoms. The molecule has 0 aliphatic carbocycles. The molecule has 0 spiro atoms. The molecule has 0 aliphatic rings. The minimum Gasteiger partial charge on any atom is -0.488 e. The van der Waals surface area contributed by atoms with Crippen molar-refractivity contribution < 1.29 is 13.9 Å². The highest BCUT2D eigenvalue weighted by Crippen LogP contribution is 2.28. The highest BCUT2D eigenvalue weighted by atomic mass is 79.9. The Hall–Kier alpha value is -1.82. The molecule has 0 saturated carbocycles. The summed E-state index contributed by atoms with van der Waals surface area (Å²) in [5.41, 5.74) is 6.35. The maximum absolute atomic E-state index is 13.9. The average molecular weight is 355 g/mol. The monoisotopic (exact) mass is 354 g/mol. The van der Waals surface area contributed by atoms with Crippen LogP contribution in [0.1, 0.15) is 19.4 Å². The van der Waals surface area contributed by atoms with Crippen molar-refractivity contribution in [1.29, 1.82) is 0 Å². The number of hydrogen-bond acceptors (Lipinski definition) is 4. The standard InChI is InChI=1S/C15H16BrFN2O2/c1-9(2)21-14-10(4-3-5-12(14)17)8-20-13-6-11(16)7-19-15(13)18/h3-7,9H,8H2,1-2H3,(H2,18,19). The maximum atomic E-state index is 13.9. The van der Waals surface area contributed by atoms with E-state index in [1.165, 1.54) is 6.07 Å². The number of nitrogens with zero attached hydrogens (tertiary/aromatic N) is 1.